The summed E-state index contributed by atoms with van der Waals surface area (Å²) in [6.07, 6.45) is -12.0. The molecule has 0 aliphatic carbocycles. The molecule has 2 heterocycles. The van der Waals surface area contributed by atoms with Crippen molar-refractivity contribution < 1.29 is 44.3 Å². The van der Waals surface area contributed by atoms with Crippen LogP contribution in [-0.4, -0.2) is 28.8 Å². The zero-order valence-corrected chi connectivity index (χ0v) is 16.6. The van der Waals surface area contributed by atoms with Crippen molar-refractivity contribution in [3.63, 3.8) is 0 Å². The lowest BCUT2D eigenvalue weighted by molar-refractivity contribution is -0.150. The second-order valence-corrected chi connectivity index (χ2v) is 6.80. The first-order valence-corrected chi connectivity index (χ1v) is 9.24. The highest BCUT2D eigenvalue weighted by molar-refractivity contribution is 6.08. The first-order chi connectivity index (χ1) is 15.8. The molecule has 4 nitrogen and oxygen atoms in total. The maximum atomic E-state index is 14.3. The highest BCUT2D eigenvalue weighted by atomic mass is 19.4. The standard InChI is InChI=1S/C21H12F9N3O/c22-14-4-2-1-3-12(14)13-5-6-31-9-15(13)33(10-18(23)24)19(34)11-7-16(20(25,26)27)32-17(8-11)21(28,29)30/h1-9,18H,10H2. The van der Waals surface area contributed by atoms with Crippen molar-refractivity contribution in [1.82, 2.24) is 9.97 Å². The van der Waals surface area contributed by atoms with Crippen molar-refractivity contribution in [1.29, 1.82) is 0 Å². The molecular weight excluding hydrogens is 481 g/mol. The van der Waals surface area contributed by atoms with E-state index in [0.29, 0.717) is 0 Å². The van der Waals surface area contributed by atoms with E-state index in [1.54, 1.807) is 0 Å². The fourth-order valence-corrected chi connectivity index (χ4v) is 3.04. The Labute approximate surface area is 185 Å². The van der Waals surface area contributed by atoms with Crippen LogP contribution in [0.4, 0.5) is 45.2 Å². The molecular formula is C21H12F9N3O. The summed E-state index contributed by atoms with van der Waals surface area (Å²) < 4.78 is 120. The number of hydrogen-bond donors (Lipinski definition) is 0. The maximum Gasteiger partial charge on any atom is 0.433 e. The zero-order valence-electron chi connectivity index (χ0n) is 16.6. The van der Waals surface area contributed by atoms with Gasteiger partial charge in [-0.15, -0.1) is 0 Å². The number of benzene rings is 1. The van der Waals surface area contributed by atoms with Crippen LogP contribution in [0, 0.1) is 5.82 Å². The van der Waals surface area contributed by atoms with Crippen molar-refractivity contribution in [2.75, 3.05) is 11.4 Å². The van der Waals surface area contributed by atoms with Crippen LogP contribution in [0.2, 0.25) is 0 Å². The number of aromatic nitrogens is 2. The van der Waals surface area contributed by atoms with Gasteiger partial charge in [0, 0.05) is 22.9 Å². The van der Waals surface area contributed by atoms with Crippen LogP contribution in [0.25, 0.3) is 11.1 Å². The molecule has 0 aliphatic rings. The van der Waals surface area contributed by atoms with Crippen LogP contribution in [0.5, 0.6) is 0 Å². The van der Waals surface area contributed by atoms with Crippen LogP contribution in [0.3, 0.4) is 0 Å². The Kier molecular flexibility index (Phi) is 6.84. The fraction of sp³-hybridized carbons (Fsp3) is 0.190. The maximum absolute atomic E-state index is 14.3. The molecule has 180 valence electrons. The number of rotatable bonds is 5. The van der Waals surface area contributed by atoms with E-state index < -0.39 is 59.7 Å². The van der Waals surface area contributed by atoms with Crippen LogP contribution in [0.1, 0.15) is 21.7 Å². The van der Waals surface area contributed by atoms with Gasteiger partial charge in [0.2, 0.25) is 0 Å². The molecule has 0 atom stereocenters. The number of amides is 1. The lowest BCUT2D eigenvalue weighted by Crippen LogP contribution is -2.36. The molecule has 13 heteroatoms. The third-order valence-electron chi connectivity index (χ3n) is 4.47. The average molecular weight is 493 g/mol. The van der Waals surface area contributed by atoms with E-state index in [4.69, 9.17) is 0 Å². The topological polar surface area (TPSA) is 46.1 Å². The predicted molar refractivity (Wildman–Crippen MR) is 102 cm³/mol. The van der Waals surface area contributed by atoms with Gasteiger partial charge < -0.3 is 4.90 Å². The van der Waals surface area contributed by atoms with E-state index in [-0.39, 0.29) is 28.2 Å². The van der Waals surface area contributed by atoms with Gasteiger partial charge in [-0.1, -0.05) is 18.2 Å². The minimum atomic E-state index is -5.36. The van der Waals surface area contributed by atoms with Crippen LogP contribution >= 0.6 is 0 Å². The Balaban J connectivity index is 2.20. The average Bonchev–Trinajstić information content (AvgIpc) is 2.76. The summed E-state index contributed by atoms with van der Waals surface area (Å²) >= 11 is 0. The number of hydrogen-bond acceptors (Lipinski definition) is 3. The zero-order chi connectivity index (χ0) is 25.3. The first-order valence-electron chi connectivity index (χ1n) is 9.24. The number of alkyl halides is 8. The van der Waals surface area contributed by atoms with Crippen molar-refractivity contribution >= 4 is 11.6 Å². The van der Waals surface area contributed by atoms with E-state index in [2.05, 4.69) is 9.97 Å². The highest BCUT2D eigenvalue weighted by Gasteiger charge is 2.40. The molecule has 1 amide bonds. The van der Waals surface area contributed by atoms with Gasteiger partial charge in [-0.3, -0.25) is 9.78 Å². The van der Waals surface area contributed by atoms with Crippen LogP contribution in [0.15, 0.2) is 54.9 Å². The quantitative estimate of drug-likeness (QED) is 0.396. The van der Waals surface area contributed by atoms with Crippen molar-refractivity contribution in [2.45, 2.75) is 18.8 Å². The lowest BCUT2D eigenvalue weighted by Gasteiger charge is -2.25. The van der Waals surface area contributed by atoms with Gasteiger partial charge in [0.25, 0.3) is 12.3 Å². The molecule has 0 saturated heterocycles. The number of carbonyl (C=O) groups is 1. The molecule has 0 fully saturated rings. The van der Waals surface area contributed by atoms with Gasteiger partial charge in [-0.2, -0.15) is 26.3 Å². The Morgan fingerprint density at radius 3 is 2.03 bits per heavy atom. The van der Waals surface area contributed by atoms with Gasteiger partial charge in [0.15, 0.2) is 0 Å². The Hall–Kier alpha value is -3.64. The largest absolute Gasteiger partial charge is 0.433 e. The molecule has 1 aromatic carbocycles. The third-order valence-corrected chi connectivity index (χ3v) is 4.47. The van der Waals surface area contributed by atoms with Crippen molar-refractivity contribution in [3.05, 3.63) is 77.6 Å². The minimum absolute atomic E-state index is 0.0230. The molecule has 3 rings (SSSR count). The summed E-state index contributed by atoms with van der Waals surface area (Å²) in [5, 5.41) is 0. The molecule has 0 radical (unpaired) electrons. The molecule has 3 aromatic rings. The van der Waals surface area contributed by atoms with E-state index in [1.807, 2.05) is 0 Å². The van der Waals surface area contributed by atoms with Crippen LogP contribution < -0.4 is 4.90 Å². The van der Waals surface area contributed by atoms with Crippen LogP contribution in [-0.2, 0) is 12.4 Å². The molecule has 0 aliphatic heterocycles. The number of nitrogens with zero attached hydrogens (tertiary/aromatic N) is 3. The second kappa shape index (κ2) is 9.31. The van der Waals surface area contributed by atoms with Gasteiger partial charge in [-0.05, 0) is 24.3 Å². The predicted octanol–water partition coefficient (Wildman–Crippen LogP) is 6.23. The van der Waals surface area contributed by atoms with Gasteiger partial charge in [0.05, 0.1) is 18.4 Å². The first kappa shape index (κ1) is 25.0. The van der Waals surface area contributed by atoms with Gasteiger partial charge in [0.1, 0.15) is 17.2 Å². The summed E-state index contributed by atoms with van der Waals surface area (Å²) in [4.78, 5) is 19.4. The molecule has 0 N–H and O–H groups in total. The SMILES string of the molecule is O=C(c1cc(C(F)(F)F)nc(C(F)(F)F)c1)N(CC(F)F)c1cnccc1-c1ccccc1F. The fourth-order valence-electron chi connectivity index (χ4n) is 3.04. The molecule has 0 spiro atoms. The van der Waals surface area contributed by atoms with Crippen molar-refractivity contribution in [2.24, 2.45) is 0 Å². The van der Waals surface area contributed by atoms with Gasteiger partial charge in [-0.25, -0.2) is 18.2 Å². The van der Waals surface area contributed by atoms with E-state index in [0.717, 1.165) is 24.5 Å². The molecule has 2 aromatic heterocycles. The third kappa shape index (κ3) is 5.46. The smallest absolute Gasteiger partial charge is 0.300 e. The highest BCUT2D eigenvalue weighted by Crippen LogP contribution is 2.36. The van der Waals surface area contributed by atoms with Gasteiger partial charge >= 0.3 is 12.4 Å². The Morgan fingerprint density at radius 2 is 1.50 bits per heavy atom. The Bertz CT molecular complexity index is 1160. The second-order valence-electron chi connectivity index (χ2n) is 6.80. The normalized spacial score (nSPS) is 12.2. The summed E-state index contributed by atoms with van der Waals surface area (Å²) in [7, 11) is 0. The minimum Gasteiger partial charge on any atom is -0.300 e. The molecule has 0 bridgehead atoms. The van der Waals surface area contributed by atoms with E-state index in [1.165, 1.54) is 18.2 Å². The molecule has 0 saturated carbocycles. The number of carbonyl (C=O) groups excluding carboxylic acids is 1. The molecule has 34 heavy (non-hydrogen) atoms. The van der Waals surface area contributed by atoms with E-state index in [9.17, 15) is 44.3 Å². The monoisotopic (exact) mass is 493 g/mol. The number of pyridine rings is 2. The summed E-state index contributed by atoms with van der Waals surface area (Å²) in [5.74, 6) is -2.44. The summed E-state index contributed by atoms with van der Waals surface area (Å²) in [6, 6.07) is 6.22. The summed E-state index contributed by atoms with van der Waals surface area (Å²) in [5.41, 5.74) is -6.02. The molecule has 0 unspecified atom stereocenters. The van der Waals surface area contributed by atoms with E-state index >= 15 is 0 Å². The number of anilines is 1. The number of halogens is 9. The van der Waals surface area contributed by atoms with Crippen molar-refractivity contribution in [3.8, 4) is 11.1 Å². The summed E-state index contributed by atoms with van der Waals surface area (Å²) in [6.45, 7) is -1.42. The lowest BCUT2D eigenvalue weighted by atomic mass is 10.0. The Morgan fingerprint density at radius 1 is 0.912 bits per heavy atom.